The second-order valence-electron chi connectivity index (χ2n) is 10.2. The molecule has 2 aromatic rings. The van der Waals surface area contributed by atoms with Crippen LogP contribution in [0.4, 0.5) is 10.5 Å². The molecule has 1 aliphatic rings. The zero-order chi connectivity index (χ0) is 27.0. The maximum atomic E-state index is 12.8. The Morgan fingerprint density at radius 1 is 1.03 bits per heavy atom. The van der Waals surface area contributed by atoms with Crippen molar-refractivity contribution < 1.29 is 23.9 Å². The molecule has 0 spiro atoms. The van der Waals surface area contributed by atoms with Gasteiger partial charge in [-0.15, -0.1) is 0 Å². The SMILES string of the molecule is CC(c1ccccc1)N1CC(C(=O)Nc2ccc(CNC(=O)CCNC(=O)OC(C)(C)C)cc2)CC1=O. The van der Waals surface area contributed by atoms with E-state index in [1.165, 1.54) is 0 Å². The number of hydrogen-bond acceptors (Lipinski definition) is 5. The largest absolute Gasteiger partial charge is 0.444 e. The third-order valence-corrected chi connectivity index (χ3v) is 6.01. The Hall–Kier alpha value is -3.88. The smallest absolute Gasteiger partial charge is 0.407 e. The van der Waals surface area contributed by atoms with Crippen molar-refractivity contribution in [3.05, 3.63) is 65.7 Å². The molecule has 9 nitrogen and oxygen atoms in total. The molecule has 4 amide bonds. The highest BCUT2D eigenvalue weighted by atomic mass is 16.6. The summed E-state index contributed by atoms with van der Waals surface area (Å²) in [7, 11) is 0. The molecule has 1 saturated heterocycles. The standard InChI is InChI=1S/C28H36N4O5/c1-19(21-8-6-5-7-9-21)32-18-22(16-25(32)34)26(35)31-23-12-10-20(11-13-23)17-30-24(33)14-15-29-27(36)37-28(2,3)4/h5-13,19,22H,14-18H2,1-4H3,(H,29,36)(H,30,33)(H,31,35). The molecule has 2 atom stereocenters. The number of anilines is 1. The van der Waals surface area contributed by atoms with Crippen molar-refractivity contribution in [1.29, 1.82) is 0 Å². The van der Waals surface area contributed by atoms with Crippen molar-refractivity contribution in [2.45, 2.75) is 58.7 Å². The topological polar surface area (TPSA) is 117 Å². The van der Waals surface area contributed by atoms with Gasteiger partial charge < -0.3 is 25.6 Å². The highest BCUT2D eigenvalue weighted by molar-refractivity contribution is 5.97. The predicted octanol–water partition coefficient (Wildman–Crippen LogP) is 3.77. The molecule has 198 valence electrons. The molecule has 0 radical (unpaired) electrons. The molecule has 0 aliphatic carbocycles. The first-order valence-electron chi connectivity index (χ1n) is 12.5. The number of carbonyl (C=O) groups is 4. The van der Waals surface area contributed by atoms with Gasteiger partial charge in [-0.25, -0.2) is 4.79 Å². The molecule has 1 heterocycles. The fourth-order valence-electron chi connectivity index (χ4n) is 4.02. The second-order valence-corrected chi connectivity index (χ2v) is 10.2. The van der Waals surface area contributed by atoms with Crippen LogP contribution in [-0.4, -0.2) is 47.4 Å². The van der Waals surface area contributed by atoms with Crippen LogP contribution in [0.3, 0.4) is 0 Å². The van der Waals surface area contributed by atoms with Gasteiger partial charge in [0.1, 0.15) is 5.60 Å². The molecule has 0 aromatic heterocycles. The normalized spacial score (nSPS) is 16.2. The first kappa shape index (κ1) is 27.7. The second kappa shape index (κ2) is 12.4. The van der Waals surface area contributed by atoms with Crippen molar-refractivity contribution in [3.63, 3.8) is 0 Å². The third kappa shape index (κ3) is 8.63. The molecule has 1 aliphatic heterocycles. The maximum Gasteiger partial charge on any atom is 0.407 e. The van der Waals surface area contributed by atoms with Crippen molar-refractivity contribution in [2.24, 2.45) is 5.92 Å². The highest BCUT2D eigenvalue weighted by Crippen LogP contribution is 2.29. The van der Waals surface area contributed by atoms with Crippen LogP contribution in [0.2, 0.25) is 0 Å². The van der Waals surface area contributed by atoms with Crippen LogP contribution >= 0.6 is 0 Å². The van der Waals surface area contributed by atoms with E-state index in [2.05, 4.69) is 16.0 Å². The van der Waals surface area contributed by atoms with E-state index in [-0.39, 0.29) is 43.1 Å². The van der Waals surface area contributed by atoms with Crippen molar-refractivity contribution in [3.8, 4) is 0 Å². The van der Waals surface area contributed by atoms with Gasteiger partial charge in [0, 0.05) is 38.2 Å². The summed E-state index contributed by atoms with van der Waals surface area (Å²) in [6.07, 6.45) is -0.234. The number of ether oxygens (including phenoxy) is 1. The first-order valence-corrected chi connectivity index (χ1v) is 12.5. The van der Waals surface area contributed by atoms with Gasteiger partial charge in [-0.2, -0.15) is 0 Å². The number of amides is 4. The summed E-state index contributed by atoms with van der Waals surface area (Å²) in [4.78, 5) is 50.8. The van der Waals surface area contributed by atoms with E-state index in [9.17, 15) is 19.2 Å². The Bertz CT molecular complexity index is 1100. The minimum Gasteiger partial charge on any atom is -0.444 e. The molecule has 0 saturated carbocycles. The summed E-state index contributed by atoms with van der Waals surface area (Å²) in [5, 5.41) is 8.24. The number of carbonyl (C=O) groups excluding carboxylic acids is 4. The Labute approximate surface area is 217 Å². The minimum atomic E-state index is -0.589. The van der Waals surface area contributed by atoms with Crippen LogP contribution in [0, 0.1) is 5.92 Å². The van der Waals surface area contributed by atoms with E-state index in [0.29, 0.717) is 18.8 Å². The zero-order valence-corrected chi connectivity index (χ0v) is 21.9. The van der Waals surface area contributed by atoms with Crippen LogP contribution in [-0.2, 0) is 25.7 Å². The Balaban J connectivity index is 1.41. The number of benzene rings is 2. The summed E-state index contributed by atoms with van der Waals surface area (Å²) in [6.45, 7) is 8.17. The quantitative estimate of drug-likeness (QED) is 0.477. The number of hydrogen-bond donors (Lipinski definition) is 3. The summed E-state index contributed by atoms with van der Waals surface area (Å²) in [5.41, 5.74) is 1.95. The molecular formula is C28H36N4O5. The van der Waals surface area contributed by atoms with Gasteiger partial charge in [0.2, 0.25) is 17.7 Å². The maximum absolute atomic E-state index is 12.8. The summed E-state index contributed by atoms with van der Waals surface area (Å²) < 4.78 is 5.13. The van der Waals surface area contributed by atoms with Crippen LogP contribution in [0.1, 0.15) is 57.7 Å². The van der Waals surface area contributed by atoms with Gasteiger partial charge in [-0.3, -0.25) is 14.4 Å². The molecule has 2 unspecified atom stereocenters. The van der Waals surface area contributed by atoms with Crippen LogP contribution in [0.15, 0.2) is 54.6 Å². The molecule has 1 fully saturated rings. The lowest BCUT2D eigenvalue weighted by molar-refractivity contribution is -0.129. The minimum absolute atomic E-state index is 0.0242. The number of likely N-dealkylation sites (tertiary alicyclic amines) is 1. The van der Waals surface area contributed by atoms with Crippen molar-refractivity contribution in [2.75, 3.05) is 18.4 Å². The molecule has 37 heavy (non-hydrogen) atoms. The lowest BCUT2D eigenvalue weighted by atomic mass is 10.1. The van der Waals surface area contributed by atoms with E-state index in [0.717, 1.165) is 11.1 Å². The van der Waals surface area contributed by atoms with Gasteiger partial charge in [0.15, 0.2) is 0 Å². The number of nitrogens with one attached hydrogen (secondary N) is 3. The van der Waals surface area contributed by atoms with Gasteiger partial charge in [0.25, 0.3) is 0 Å². The average Bonchev–Trinajstić information content (AvgIpc) is 3.24. The number of rotatable bonds is 9. The summed E-state index contributed by atoms with van der Waals surface area (Å²) >= 11 is 0. The Kier molecular flexibility index (Phi) is 9.27. The van der Waals surface area contributed by atoms with E-state index in [4.69, 9.17) is 4.74 Å². The van der Waals surface area contributed by atoms with E-state index in [1.807, 2.05) is 49.4 Å². The fraction of sp³-hybridized carbons (Fsp3) is 0.429. The predicted molar refractivity (Wildman–Crippen MR) is 140 cm³/mol. The van der Waals surface area contributed by atoms with Gasteiger partial charge in [0.05, 0.1) is 12.0 Å². The molecular weight excluding hydrogens is 472 g/mol. The molecule has 0 bridgehead atoms. The van der Waals surface area contributed by atoms with Crippen molar-refractivity contribution in [1.82, 2.24) is 15.5 Å². The lowest BCUT2D eigenvalue weighted by Crippen LogP contribution is -2.35. The van der Waals surface area contributed by atoms with E-state index < -0.39 is 17.6 Å². The van der Waals surface area contributed by atoms with Gasteiger partial charge >= 0.3 is 6.09 Å². The Morgan fingerprint density at radius 2 is 1.70 bits per heavy atom. The number of nitrogens with zero attached hydrogens (tertiary/aromatic N) is 1. The van der Waals surface area contributed by atoms with E-state index >= 15 is 0 Å². The van der Waals surface area contributed by atoms with Crippen LogP contribution in [0.5, 0.6) is 0 Å². The molecule has 9 heteroatoms. The van der Waals surface area contributed by atoms with Crippen LogP contribution < -0.4 is 16.0 Å². The Morgan fingerprint density at radius 3 is 2.35 bits per heavy atom. The average molecular weight is 509 g/mol. The molecule has 3 N–H and O–H groups in total. The summed E-state index contributed by atoms with van der Waals surface area (Å²) in [5.74, 6) is -0.820. The molecule has 2 aromatic carbocycles. The van der Waals surface area contributed by atoms with Crippen molar-refractivity contribution >= 4 is 29.5 Å². The third-order valence-electron chi connectivity index (χ3n) is 6.01. The monoisotopic (exact) mass is 508 g/mol. The van der Waals surface area contributed by atoms with Crippen LogP contribution in [0.25, 0.3) is 0 Å². The fourth-order valence-corrected chi connectivity index (χ4v) is 4.02. The molecule has 3 rings (SSSR count). The van der Waals surface area contributed by atoms with E-state index in [1.54, 1.807) is 37.8 Å². The number of alkyl carbamates (subject to hydrolysis) is 1. The first-order chi connectivity index (χ1) is 17.5. The summed E-state index contributed by atoms with van der Waals surface area (Å²) in [6, 6.07) is 16.9. The highest BCUT2D eigenvalue weighted by Gasteiger charge is 2.37. The van der Waals surface area contributed by atoms with Gasteiger partial charge in [-0.05, 0) is 51.0 Å². The van der Waals surface area contributed by atoms with Gasteiger partial charge in [-0.1, -0.05) is 42.5 Å². The zero-order valence-electron chi connectivity index (χ0n) is 21.9. The lowest BCUT2D eigenvalue weighted by Gasteiger charge is -2.25.